The molecule has 3 rings (SSSR count). The molecule has 0 unspecified atom stereocenters. The summed E-state index contributed by atoms with van der Waals surface area (Å²) < 4.78 is 5.61. The second-order valence-corrected chi connectivity index (χ2v) is 7.65. The normalized spacial score (nSPS) is 15.3. The summed E-state index contributed by atoms with van der Waals surface area (Å²) in [6, 6.07) is 10.9. The molecule has 0 aliphatic heterocycles. The largest absolute Gasteiger partial charge is 0.494 e. The molecule has 1 aromatic carbocycles. The molecule has 0 saturated heterocycles. The van der Waals surface area contributed by atoms with Crippen molar-refractivity contribution >= 4 is 23.0 Å². The van der Waals surface area contributed by atoms with E-state index in [0.29, 0.717) is 18.6 Å². The van der Waals surface area contributed by atoms with Crippen molar-refractivity contribution in [1.82, 2.24) is 4.98 Å². The maximum absolute atomic E-state index is 6.82. The minimum Gasteiger partial charge on any atom is -0.494 e. The Labute approximate surface area is 162 Å². The summed E-state index contributed by atoms with van der Waals surface area (Å²) in [5.74, 6) is 1.21. The molecular weight excluding hydrogens is 344 g/mol. The minimum absolute atomic E-state index is 0.302. The van der Waals surface area contributed by atoms with Gasteiger partial charge in [0.25, 0.3) is 0 Å². The summed E-state index contributed by atoms with van der Waals surface area (Å²) in [6.07, 6.45) is 8.16. The van der Waals surface area contributed by atoms with Crippen LogP contribution in [0.15, 0.2) is 36.5 Å². The second-order valence-electron chi connectivity index (χ2n) is 7.27. The molecule has 26 heavy (non-hydrogen) atoms. The third kappa shape index (κ3) is 4.15. The van der Waals surface area contributed by atoms with E-state index >= 15 is 0 Å². The van der Waals surface area contributed by atoms with Crippen LogP contribution < -0.4 is 9.64 Å². The van der Waals surface area contributed by atoms with Crippen LogP contribution in [0.2, 0.25) is 5.02 Å². The summed E-state index contributed by atoms with van der Waals surface area (Å²) >= 11 is 6.82. The molecule has 1 heterocycles. The van der Waals surface area contributed by atoms with Gasteiger partial charge in [0, 0.05) is 17.9 Å². The van der Waals surface area contributed by atoms with Gasteiger partial charge in [-0.2, -0.15) is 0 Å². The van der Waals surface area contributed by atoms with Crippen LogP contribution in [-0.4, -0.2) is 17.6 Å². The van der Waals surface area contributed by atoms with Gasteiger partial charge < -0.3 is 9.64 Å². The lowest BCUT2D eigenvalue weighted by molar-refractivity contribution is 0.340. The predicted octanol–water partition coefficient (Wildman–Crippen LogP) is 6.73. The van der Waals surface area contributed by atoms with Gasteiger partial charge in [-0.15, -0.1) is 0 Å². The number of nitrogens with zero attached hydrogens (tertiary/aromatic N) is 2. The van der Waals surface area contributed by atoms with E-state index in [1.165, 1.54) is 37.8 Å². The Morgan fingerprint density at radius 3 is 2.42 bits per heavy atom. The summed E-state index contributed by atoms with van der Waals surface area (Å²) in [4.78, 5) is 6.94. The van der Waals surface area contributed by atoms with E-state index in [1.807, 2.05) is 25.3 Å². The zero-order valence-electron chi connectivity index (χ0n) is 16.0. The van der Waals surface area contributed by atoms with Crippen molar-refractivity contribution in [2.75, 3.05) is 11.5 Å². The lowest BCUT2D eigenvalue weighted by Crippen LogP contribution is -2.33. The number of halogens is 1. The number of ether oxygens (including phenoxy) is 1. The van der Waals surface area contributed by atoms with Crippen LogP contribution in [0, 0.1) is 0 Å². The predicted molar refractivity (Wildman–Crippen MR) is 110 cm³/mol. The molecule has 1 aliphatic rings. The molecule has 0 spiro atoms. The molecule has 140 valence electrons. The van der Waals surface area contributed by atoms with Crippen molar-refractivity contribution < 1.29 is 4.74 Å². The number of pyridine rings is 1. The second kappa shape index (κ2) is 8.77. The smallest absolute Gasteiger partial charge is 0.119 e. The SMILES string of the molecule is CCOc1ccc(N(c2ccnc(C(C)C)c2Cl)C2CCCCC2)cc1. The zero-order valence-corrected chi connectivity index (χ0v) is 16.8. The number of hydrogen-bond donors (Lipinski definition) is 0. The van der Waals surface area contributed by atoms with E-state index in [0.717, 1.165) is 22.2 Å². The summed E-state index contributed by atoms with van der Waals surface area (Å²) in [5.41, 5.74) is 3.21. The zero-order chi connectivity index (χ0) is 18.5. The maximum Gasteiger partial charge on any atom is 0.119 e. The molecule has 1 aromatic heterocycles. The Bertz CT molecular complexity index is 709. The van der Waals surface area contributed by atoms with Crippen LogP contribution in [0.1, 0.15) is 64.5 Å². The molecule has 0 N–H and O–H groups in total. The number of rotatable bonds is 6. The monoisotopic (exact) mass is 372 g/mol. The molecule has 1 fully saturated rings. The molecule has 3 nitrogen and oxygen atoms in total. The number of anilines is 2. The van der Waals surface area contributed by atoms with Gasteiger partial charge in [-0.3, -0.25) is 4.98 Å². The molecule has 1 aliphatic carbocycles. The highest BCUT2D eigenvalue weighted by atomic mass is 35.5. The number of hydrogen-bond acceptors (Lipinski definition) is 3. The first kappa shape index (κ1) is 19.0. The van der Waals surface area contributed by atoms with E-state index in [-0.39, 0.29) is 0 Å². The fourth-order valence-corrected chi connectivity index (χ4v) is 4.21. The quantitative estimate of drug-likeness (QED) is 0.562. The molecular formula is C22H29ClN2O. The maximum atomic E-state index is 6.82. The third-order valence-corrected chi connectivity index (χ3v) is 5.46. The molecule has 1 saturated carbocycles. The molecule has 4 heteroatoms. The van der Waals surface area contributed by atoms with Crippen molar-refractivity contribution in [2.24, 2.45) is 0 Å². The van der Waals surface area contributed by atoms with Crippen molar-refractivity contribution in [2.45, 2.75) is 64.8 Å². The highest BCUT2D eigenvalue weighted by Gasteiger charge is 2.26. The summed E-state index contributed by atoms with van der Waals surface area (Å²) in [5, 5.41) is 0.780. The van der Waals surface area contributed by atoms with Crippen LogP contribution in [0.3, 0.4) is 0 Å². The molecule has 2 aromatic rings. The Hall–Kier alpha value is -1.74. The Morgan fingerprint density at radius 1 is 1.12 bits per heavy atom. The Balaban J connectivity index is 2.02. The summed E-state index contributed by atoms with van der Waals surface area (Å²) in [6.45, 7) is 6.96. The Morgan fingerprint density at radius 2 is 1.81 bits per heavy atom. The summed E-state index contributed by atoms with van der Waals surface area (Å²) in [7, 11) is 0. The first-order valence-electron chi connectivity index (χ1n) is 9.78. The van der Waals surface area contributed by atoms with Gasteiger partial charge in [0.15, 0.2) is 0 Å². The molecule has 0 atom stereocenters. The van der Waals surface area contributed by atoms with E-state index in [2.05, 4.69) is 41.9 Å². The van der Waals surface area contributed by atoms with Gasteiger partial charge in [-0.05, 0) is 56.0 Å². The van der Waals surface area contributed by atoms with Crippen LogP contribution >= 0.6 is 11.6 Å². The van der Waals surface area contributed by atoms with Gasteiger partial charge in [0.1, 0.15) is 5.75 Å². The van der Waals surface area contributed by atoms with Gasteiger partial charge >= 0.3 is 0 Å². The van der Waals surface area contributed by atoms with Crippen molar-refractivity contribution in [1.29, 1.82) is 0 Å². The van der Waals surface area contributed by atoms with E-state index in [4.69, 9.17) is 16.3 Å². The standard InChI is InChI=1S/C22H29ClN2O/c1-4-26-19-12-10-18(11-13-19)25(17-8-6-5-7-9-17)20-14-15-24-22(16(2)3)21(20)23/h10-17H,4-9H2,1-3H3. The van der Waals surface area contributed by atoms with Gasteiger partial charge in [0.05, 0.1) is 23.0 Å². The molecule has 0 bridgehead atoms. The molecule has 0 amide bonds. The first-order chi connectivity index (χ1) is 12.6. The fraction of sp³-hybridized carbons (Fsp3) is 0.500. The van der Waals surface area contributed by atoms with Crippen molar-refractivity contribution in [3.63, 3.8) is 0 Å². The topological polar surface area (TPSA) is 25.4 Å². The highest BCUT2D eigenvalue weighted by Crippen LogP contribution is 2.40. The third-order valence-electron chi connectivity index (χ3n) is 5.07. The van der Waals surface area contributed by atoms with E-state index in [9.17, 15) is 0 Å². The first-order valence-corrected chi connectivity index (χ1v) is 10.2. The van der Waals surface area contributed by atoms with Crippen molar-refractivity contribution in [3.8, 4) is 5.75 Å². The van der Waals surface area contributed by atoms with Crippen LogP contribution in [0.5, 0.6) is 5.75 Å². The minimum atomic E-state index is 0.302. The lowest BCUT2D eigenvalue weighted by atomic mass is 9.93. The number of aromatic nitrogens is 1. The van der Waals surface area contributed by atoms with Gasteiger partial charge in [0.2, 0.25) is 0 Å². The average Bonchev–Trinajstić information content (AvgIpc) is 2.65. The Kier molecular flexibility index (Phi) is 6.42. The van der Waals surface area contributed by atoms with Crippen LogP contribution in [0.25, 0.3) is 0 Å². The van der Waals surface area contributed by atoms with E-state index < -0.39 is 0 Å². The van der Waals surface area contributed by atoms with Gasteiger partial charge in [-0.25, -0.2) is 0 Å². The van der Waals surface area contributed by atoms with E-state index in [1.54, 1.807) is 0 Å². The van der Waals surface area contributed by atoms with Crippen LogP contribution in [0.4, 0.5) is 11.4 Å². The fourth-order valence-electron chi connectivity index (χ4n) is 3.79. The lowest BCUT2D eigenvalue weighted by Gasteiger charge is -2.37. The molecule has 0 radical (unpaired) electrons. The van der Waals surface area contributed by atoms with Crippen molar-refractivity contribution in [3.05, 3.63) is 47.2 Å². The highest BCUT2D eigenvalue weighted by molar-refractivity contribution is 6.34. The van der Waals surface area contributed by atoms with Crippen LogP contribution in [-0.2, 0) is 0 Å². The number of benzene rings is 1. The van der Waals surface area contributed by atoms with Gasteiger partial charge in [-0.1, -0.05) is 44.7 Å². The average molecular weight is 373 g/mol.